The SMILES string of the molecule is Cc1nn(CCCNC(=O)c2nn(C)c(C(F)(F)F)c2Cl)c(Cl)c1Cl. The summed E-state index contributed by atoms with van der Waals surface area (Å²) >= 11 is 17.5. The lowest BCUT2D eigenvalue weighted by Crippen LogP contribution is -2.26. The number of carbonyl (C=O) groups excluding carboxylic acids is 1. The molecular weight excluding hydrogens is 406 g/mol. The minimum atomic E-state index is -4.70. The highest BCUT2D eigenvalue weighted by Crippen LogP contribution is 2.35. The van der Waals surface area contributed by atoms with Gasteiger partial charge in [0.25, 0.3) is 5.91 Å². The molecule has 0 fully saturated rings. The van der Waals surface area contributed by atoms with Crippen molar-refractivity contribution in [3.8, 4) is 0 Å². The maximum atomic E-state index is 12.8. The van der Waals surface area contributed by atoms with Gasteiger partial charge in [-0.25, -0.2) is 0 Å². The third kappa shape index (κ3) is 4.21. The van der Waals surface area contributed by atoms with Gasteiger partial charge in [-0.15, -0.1) is 0 Å². The molecule has 2 heterocycles. The molecule has 138 valence electrons. The first-order valence-corrected chi connectivity index (χ1v) is 8.13. The van der Waals surface area contributed by atoms with Gasteiger partial charge in [0, 0.05) is 20.1 Å². The average molecular weight is 419 g/mol. The number of nitrogens with one attached hydrogen (secondary N) is 1. The molecule has 6 nitrogen and oxygen atoms in total. The molecule has 2 rings (SSSR count). The predicted molar refractivity (Wildman–Crippen MR) is 87.2 cm³/mol. The lowest BCUT2D eigenvalue weighted by atomic mass is 10.3. The van der Waals surface area contributed by atoms with Crippen molar-refractivity contribution in [2.45, 2.75) is 26.1 Å². The van der Waals surface area contributed by atoms with Crippen molar-refractivity contribution in [3.05, 3.63) is 32.3 Å². The summed E-state index contributed by atoms with van der Waals surface area (Å²) in [5.41, 5.74) is -1.07. The molecule has 0 aliphatic rings. The number of aromatic nitrogens is 4. The molecule has 0 saturated carbocycles. The largest absolute Gasteiger partial charge is 0.434 e. The van der Waals surface area contributed by atoms with Gasteiger partial charge >= 0.3 is 6.18 Å². The summed E-state index contributed by atoms with van der Waals surface area (Å²) < 4.78 is 40.5. The van der Waals surface area contributed by atoms with Crippen LogP contribution < -0.4 is 5.32 Å². The van der Waals surface area contributed by atoms with Gasteiger partial charge in [-0.1, -0.05) is 34.8 Å². The number of carbonyl (C=O) groups is 1. The zero-order chi connectivity index (χ0) is 18.9. The van der Waals surface area contributed by atoms with Crippen LogP contribution in [0.1, 0.15) is 28.3 Å². The molecule has 12 heteroatoms. The van der Waals surface area contributed by atoms with E-state index in [1.807, 2.05) is 0 Å². The van der Waals surface area contributed by atoms with Crippen LogP contribution in [0, 0.1) is 6.92 Å². The van der Waals surface area contributed by atoms with Crippen LogP contribution in [0.25, 0.3) is 0 Å². The van der Waals surface area contributed by atoms with E-state index in [-0.39, 0.29) is 11.7 Å². The first kappa shape index (κ1) is 19.9. The molecule has 2 aromatic rings. The number of nitrogens with zero attached hydrogens (tertiary/aromatic N) is 4. The highest BCUT2D eigenvalue weighted by atomic mass is 35.5. The Morgan fingerprint density at radius 3 is 2.32 bits per heavy atom. The zero-order valence-corrected chi connectivity index (χ0v) is 15.4. The summed E-state index contributed by atoms with van der Waals surface area (Å²) in [6.07, 6.45) is -4.27. The molecule has 2 aromatic heterocycles. The Bertz CT molecular complexity index is 800. The number of amides is 1. The van der Waals surface area contributed by atoms with E-state index >= 15 is 0 Å². The molecule has 1 amide bonds. The second-order valence-electron chi connectivity index (χ2n) is 5.16. The van der Waals surface area contributed by atoms with Crippen molar-refractivity contribution in [2.75, 3.05) is 6.54 Å². The summed E-state index contributed by atoms with van der Waals surface area (Å²) in [5.74, 6) is -0.795. The molecule has 0 radical (unpaired) electrons. The molecule has 0 spiro atoms. The third-order valence-electron chi connectivity index (χ3n) is 3.30. The predicted octanol–water partition coefficient (Wildman–Crippen LogP) is 3.72. The van der Waals surface area contributed by atoms with Crippen molar-refractivity contribution in [1.29, 1.82) is 0 Å². The Hall–Kier alpha value is -1.45. The number of hydrogen-bond donors (Lipinski definition) is 1. The molecule has 0 aliphatic carbocycles. The molecule has 0 aromatic carbocycles. The molecular formula is C13H13Cl3F3N5O. The van der Waals surface area contributed by atoms with Gasteiger partial charge in [-0.2, -0.15) is 23.4 Å². The third-order valence-corrected chi connectivity index (χ3v) is 4.59. The first-order chi connectivity index (χ1) is 11.5. The van der Waals surface area contributed by atoms with Gasteiger partial charge in [0.05, 0.1) is 5.69 Å². The fourth-order valence-corrected chi connectivity index (χ4v) is 2.89. The molecule has 0 bridgehead atoms. The van der Waals surface area contributed by atoms with Gasteiger partial charge in [0.15, 0.2) is 11.4 Å². The van der Waals surface area contributed by atoms with Gasteiger partial charge in [0.1, 0.15) is 15.2 Å². The Morgan fingerprint density at radius 1 is 1.20 bits per heavy atom. The van der Waals surface area contributed by atoms with E-state index in [9.17, 15) is 18.0 Å². The average Bonchev–Trinajstić information content (AvgIpc) is 2.94. The van der Waals surface area contributed by atoms with Crippen LogP contribution in [0.2, 0.25) is 15.2 Å². The summed E-state index contributed by atoms with van der Waals surface area (Å²) in [4.78, 5) is 12.0. The number of aryl methyl sites for hydroxylation is 3. The normalized spacial score (nSPS) is 11.8. The van der Waals surface area contributed by atoms with Crippen molar-refractivity contribution >= 4 is 40.7 Å². The summed E-state index contributed by atoms with van der Waals surface area (Å²) in [7, 11) is 1.07. The van der Waals surface area contributed by atoms with Crippen LogP contribution in [0.3, 0.4) is 0 Å². The van der Waals surface area contributed by atoms with Gasteiger partial charge < -0.3 is 5.32 Å². The zero-order valence-electron chi connectivity index (χ0n) is 13.1. The van der Waals surface area contributed by atoms with E-state index in [4.69, 9.17) is 34.8 Å². The number of halogens is 6. The monoisotopic (exact) mass is 417 g/mol. The van der Waals surface area contributed by atoms with E-state index < -0.39 is 28.5 Å². The Balaban J connectivity index is 1.96. The Labute approximate surface area is 155 Å². The fraction of sp³-hybridized carbons (Fsp3) is 0.462. The van der Waals surface area contributed by atoms with Crippen LogP contribution in [-0.2, 0) is 19.8 Å². The van der Waals surface area contributed by atoms with Gasteiger partial charge in [-0.3, -0.25) is 14.2 Å². The maximum absolute atomic E-state index is 12.8. The smallest absolute Gasteiger partial charge is 0.351 e. The minimum Gasteiger partial charge on any atom is -0.351 e. The Morgan fingerprint density at radius 2 is 1.84 bits per heavy atom. The molecule has 25 heavy (non-hydrogen) atoms. The van der Waals surface area contributed by atoms with Crippen LogP contribution in [-0.4, -0.2) is 32.0 Å². The van der Waals surface area contributed by atoms with E-state index in [2.05, 4.69) is 15.5 Å². The second-order valence-corrected chi connectivity index (χ2v) is 6.27. The molecule has 1 N–H and O–H groups in total. The van der Waals surface area contributed by atoms with Crippen molar-refractivity contribution in [3.63, 3.8) is 0 Å². The maximum Gasteiger partial charge on any atom is 0.434 e. The quantitative estimate of drug-likeness (QED) is 0.753. The van der Waals surface area contributed by atoms with E-state index in [1.165, 1.54) is 4.68 Å². The summed E-state index contributed by atoms with van der Waals surface area (Å²) in [6, 6.07) is 0. The topological polar surface area (TPSA) is 64.7 Å². The molecule has 0 saturated heterocycles. The summed E-state index contributed by atoms with van der Waals surface area (Å²) in [6.45, 7) is 2.24. The van der Waals surface area contributed by atoms with E-state index in [0.29, 0.717) is 28.4 Å². The summed E-state index contributed by atoms with van der Waals surface area (Å²) in [5, 5.41) is 10.0. The van der Waals surface area contributed by atoms with Crippen LogP contribution in [0.5, 0.6) is 0 Å². The fourth-order valence-electron chi connectivity index (χ4n) is 2.15. The van der Waals surface area contributed by atoms with Crippen LogP contribution >= 0.6 is 34.8 Å². The Kier molecular flexibility index (Phi) is 5.90. The van der Waals surface area contributed by atoms with Gasteiger partial charge in [-0.05, 0) is 13.3 Å². The standard InChI is InChI=1S/C13H13Cl3F3N5O/c1-6-7(14)11(16)24(21-6)5-3-4-20-12(25)9-8(15)10(13(17,18)19)23(2)22-9/h3-5H2,1-2H3,(H,20,25). The van der Waals surface area contributed by atoms with Crippen LogP contribution in [0.4, 0.5) is 13.2 Å². The van der Waals surface area contributed by atoms with E-state index in [1.54, 1.807) is 6.92 Å². The highest BCUT2D eigenvalue weighted by Gasteiger charge is 2.39. The van der Waals surface area contributed by atoms with E-state index in [0.717, 1.165) is 7.05 Å². The second kappa shape index (κ2) is 7.43. The van der Waals surface area contributed by atoms with Crippen molar-refractivity contribution < 1.29 is 18.0 Å². The van der Waals surface area contributed by atoms with Crippen molar-refractivity contribution in [2.24, 2.45) is 7.05 Å². The van der Waals surface area contributed by atoms with Crippen LogP contribution in [0.15, 0.2) is 0 Å². The molecule has 0 atom stereocenters. The van der Waals surface area contributed by atoms with Crippen molar-refractivity contribution in [1.82, 2.24) is 24.9 Å². The number of rotatable bonds is 5. The number of hydrogen-bond acceptors (Lipinski definition) is 3. The minimum absolute atomic E-state index is 0.167. The lowest BCUT2D eigenvalue weighted by Gasteiger charge is -2.06. The molecule has 0 aliphatic heterocycles. The lowest BCUT2D eigenvalue weighted by molar-refractivity contribution is -0.143. The number of alkyl halides is 3. The van der Waals surface area contributed by atoms with Gasteiger partial charge in [0.2, 0.25) is 0 Å². The molecule has 0 unspecified atom stereocenters. The first-order valence-electron chi connectivity index (χ1n) is 7.00. The highest BCUT2D eigenvalue weighted by molar-refractivity contribution is 6.41.